The Morgan fingerprint density at radius 1 is 1.53 bits per heavy atom. The van der Waals surface area contributed by atoms with Crippen LogP contribution >= 0.6 is 0 Å². The van der Waals surface area contributed by atoms with Gasteiger partial charge in [-0.3, -0.25) is 4.21 Å². The van der Waals surface area contributed by atoms with E-state index >= 15 is 0 Å². The third-order valence-corrected chi connectivity index (χ3v) is 4.05. The molecular weight excluding hydrogens is 238 g/mol. The van der Waals surface area contributed by atoms with Crippen LogP contribution in [0.25, 0.3) is 0 Å². The van der Waals surface area contributed by atoms with Crippen molar-refractivity contribution in [3.8, 4) is 0 Å². The Balaban J connectivity index is 2.25. The lowest BCUT2D eigenvalue weighted by Crippen LogP contribution is -2.61. The minimum Gasteiger partial charge on any atom is -0.377 e. The number of hydrogen-bond donors (Lipinski definition) is 1. The summed E-state index contributed by atoms with van der Waals surface area (Å²) >= 11 is 0. The lowest BCUT2D eigenvalue weighted by Gasteiger charge is -2.44. The van der Waals surface area contributed by atoms with Gasteiger partial charge in [0.25, 0.3) is 0 Å². The van der Waals surface area contributed by atoms with Gasteiger partial charge in [-0.25, -0.2) is 0 Å². The third-order valence-electron chi connectivity index (χ3n) is 3.24. The zero-order valence-electron chi connectivity index (χ0n) is 11.3. The maximum Gasteiger partial charge on any atom is 0.0986 e. The van der Waals surface area contributed by atoms with Crippen LogP contribution in [-0.2, 0) is 20.3 Å². The van der Waals surface area contributed by atoms with E-state index in [2.05, 4.69) is 12.2 Å². The van der Waals surface area contributed by atoms with Crippen LogP contribution in [0.2, 0.25) is 0 Å². The van der Waals surface area contributed by atoms with E-state index in [1.807, 2.05) is 6.92 Å². The highest BCUT2D eigenvalue weighted by molar-refractivity contribution is 7.84. The molecule has 0 aliphatic heterocycles. The fourth-order valence-corrected chi connectivity index (χ4v) is 2.91. The van der Waals surface area contributed by atoms with Crippen molar-refractivity contribution >= 4 is 10.8 Å². The standard InChI is InChI=1S/C12H25NO3S/c1-5-16-11-8-10(12(11)15-3)13-9(2)6-7-17(4)14/h9-13H,5-8H2,1-4H3. The second-order valence-electron chi connectivity index (χ2n) is 4.67. The summed E-state index contributed by atoms with van der Waals surface area (Å²) in [5, 5.41) is 3.52. The Kier molecular flexibility index (Phi) is 6.62. The molecule has 0 aromatic carbocycles. The average Bonchev–Trinajstić information content (AvgIpc) is 2.25. The molecule has 0 saturated heterocycles. The fraction of sp³-hybridized carbons (Fsp3) is 1.00. The Labute approximate surface area is 107 Å². The van der Waals surface area contributed by atoms with E-state index in [0.29, 0.717) is 12.1 Å². The first-order chi connectivity index (χ1) is 8.08. The molecule has 5 atom stereocenters. The lowest BCUT2D eigenvalue weighted by atomic mass is 9.84. The van der Waals surface area contributed by atoms with Gasteiger partial charge in [0.1, 0.15) is 0 Å². The molecule has 1 saturated carbocycles. The Hall–Kier alpha value is 0.0300. The summed E-state index contributed by atoms with van der Waals surface area (Å²) in [5.74, 6) is 0.757. The van der Waals surface area contributed by atoms with E-state index in [4.69, 9.17) is 9.47 Å². The van der Waals surface area contributed by atoms with Crippen molar-refractivity contribution in [3.05, 3.63) is 0 Å². The molecule has 0 bridgehead atoms. The normalized spacial score (nSPS) is 31.9. The summed E-state index contributed by atoms with van der Waals surface area (Å²) < 4.78 is 22.0. The second-order valence-corrected chi connectivity index (χ2v) is 6.22. The predicted octanol–water partition coefficient (Wildman–Crippen LogP) is 0.925. The zero-order valence-corrected chi connectivity index (χ0v) is 12.1. The van der Waals surface area contributed by atoms with Gasteiger partial charge in [-0.2, -0.15) is 0 Å². The molecule has 1 aliphatic carbocycles. The molecule has 4 nitrogen and oxygen atoms in total. The van der Waals surface area contributed by atoms with E-state index in [1.165, 1.54) is 0 Å². The summed E-state index contributed by atoms with van der Waals surface area (Å²) in [6.07, 6.45) is 4.08. The Morgan fingerprint density at radius 2 is 2.24 bits per heavy atom. The van der Waals surface area contributed by atoms with E-state index < -0.39 is 10.8 Å². The van der Waals surface area contributed by atoms with Crippen LogP contribution in [-0.4, -0.2) is 54.2 Å². The summed E-state index contributed by atoms with van der Waals surface area (Å²) in [7, 11) is 1.03. The highest BCUT2D eigenvalue weighted by Crippen LogP contribution is 2.27. The molecule has 5 heteroatoms. The maximum absolute atomic E-state index is 11.0. The van der Waals surface area contributed by atoms with Gasteiger partial charge in [-0.1, -0.05) is 0 Å². The number of nitrogens with one attached hydrogen (secondary N) is 1. The van der Waals surface area contributed by atoms with E-state index in [1.54, 1.807) is 13.4 Å². The predicted molar refractivity (Wildman–Crippen MR) is 70.8 cm³/mol. The number of methoxy groups -OCH3 is 1. The molecule has 0 amide bonds. The molecule has 17 heavy (non-hydrogen) atoms. The Bertz CT molecular complexity index is 250. The summed E-state index contributed by atoms with van der Waals surface area (Å²) in [6.45, 7) is 4.88. The monoisotopic (exact) mass is 263 g/mol. The maximum atomic E-state index is 11.0. The topological polar surface area (TPSA) is 47.6 Å². The molecule has 0 radical (unpaired) electrons. The Morgan fingerprint density at radius 3 is 2.76 bits per heavy atom. The molecule has 0 aromatic heterocycles. The molecule has 1 aliphatic rings. The number of ether oxygens (including phenoxy) is 2. The van der Waals surface area contributed by atoms with Crippen LogP contribution in [0.1, 0.15) is 26.7 Å². The zero-order chi connectivity index (χ0) is 12.8. The van der Waals surface area contributed by atoms with Crippen LogP contribution in [0, 0.1) is 0 Å². The van der Waals surface area contributed by atoms with Crippen molar-refractivity contribution in [1.29, 1.82) is 0 Å². The molecule has 0 heterocycles. The van der Waals surface area contributed by atoms with Crippen LogP contribution in [0.3, 0.4) is 0 Å². The van der Waals surface area contributed by atoms with Gasteiger partial charge in [0, 0.05) is 48.6 Å². The van der Waals surface area contributed by atoms with Gasteiger partial charge < -0.3 is 14.8 Å². The average molecular weight is 263 g/mol. The van der Waals surface area contributed by atoms with E-state index in [9.17, 15) is 4.21 Å². The van der Waals surface area contributed by atoms with Crippen LogP contribution in [0.5, 0.6) is 0 Å². The van der Waals surface area contributed by atoms with Gasteiger partial charge in [0.05, 0.1) is 12.2 Å². The van der Waals surface area contributed by atoms with Crippen molar-refractivity contribution in [2.75, 3.05) is 25.7 Å². The molecule has 102 valence electrons. The first-order valence-corrected chi connectivity index (χ1v) is 8.01. The molecular formula is C12H25NO3S. The van der Waals surface area contributed by atoms with Gasteiger partial charge >= 0.3 is 0 Å². The SMILES string of the molecule is CCOC1CC(NC(C)CCS(C)=O)C1OC. The van der Waals surface area contributed by atoms with Gasteiger partial charge in [0.15, 0.2) is 0 Å². The van der Waals surface area contributed by atoms with E-state index in [-0.39, 0.29) is 12.2 Å². The van der Waals surface area contributed by atoms with Crippen LogP contribution in [0.4, 0.5) is 0 Å². The molecule has 1 fully saturated rings. The van der Waals surface area contributed by atoms with E-state index in [0.717, 1.165) is 25.2 Å². The largest absolute Gasteiger partial charge is 0.377 e. The lowest BCUT2D eigenvalue weighted by molar-refractivity contribution is -0.132. The first-order valence-electron chi connectivity index (χ1n) is 6.29. The molecule has 0 spiro atoms. The number of hydrogen-bond acceptors (Lipinski definition) is 4. The first kappa shape index (κ1) is 15.1. The number of rotatable bonds is 8. The van der Waals surface area contributed by atoms with Gasteiger partial charge in [0.2, 0.25) is 0 Å². The minimum absolute atomic E-state index is 0.157. The third kappa shape index (κ3) is 4.66. The molecule has 0 aromatic rings. The smallest absolute Gasteiger partial charge is 0.0986 e. The summed E-state index contributed by atoms with van der Waals surface area (Å²) in [4.78, 5) is 0. The fourth-order valence-electron chi connectivity index (χ4n) is 2.23. The highest BCUT2D eigenvalue weighted by atomic mass is 32.2. The molecule has 1 N–H and O–H groups in total. The second kappa shape index (κ2) is 7.46. The van der Waals surface area contributed by atoms with Crippen molar-refractivity contribution in [1.82, 2.24) is 5.32 Å². The van der Waals surface area contributed by atoms with Crippen molar-refractivity contribution < 1.29 is 13.7 Å². The van der Waals surface area contributed by atoms with Gasteiger partial charge in [-0.15, -0.1) is 0 Å². The van der Waals surface area contributed by atoms with Crippen molar-refractivity contribution in [2.24, 2.45) is 0 Å². The van der Waals surface area contributed by atoms with Crippen LogP contribution < -0.4 is 5.32 Å². The molecule has 1 rings (SSSR count). The van der Waals surface area contributed by atoms with Crippen LogP contribution in [0.15, 0.2) is 0 Å². The molecule has 5 unspecified atom stereocenters. The van der Waals surface area contributed by atoms with Gasteiger partial charge in [-0.05, 0) is 26.7 Å². The van der Waals surface area contributed by atoms with Crippen molar-refractivity contribution in [3.63, 3.8) is 0 Å². The minimum atomic E-state index is -0.701. The quantitative estimate of drug-likeness (QED) is 0.707. The summed E-state index contributed by atoms with van der Waals surface area (Å²) in [6, 6.07) is 0.751. The summed E-state index contributed by atoms with van der Waals surface area (Å²) in [5.41, 5.74) is 0. The van der Waals surface area contributed by atoms with Crippen molar-refractivity contribution in [2.45, 2.75) is 51.0 Å². The highest BCUT2D eigenvalue weighted by Gasteiger charge is 2.42.